The van der Waals surface area contributed by atoms with Gasteiger partial charge in [-0.2, -0.15) is 0 Å². The minimum absolute atomic E-state index is 0.0661. The standard InChI is InChI=1S/C15H20N2O5S/c1-2-17(12-5-6-23(19,20)9-12)15(18)8-16-11-3-4-13-14(7-11)22-10-21-13/h3-4,7,12,16H,2,5-6,8-10H2,1H3. The molecule has 1 saturated heterocycles. The van der Waals surface area contributed by atoms with E-state index in [9.17, 15) is 13.2 Å². The van der Waals surface area contributed by atoms with Gasteiger partial charge in [0.05, 0.1) is 18.1 Å². The molecule has 8 heteroatoms. The Morgan fingerprint density at radius 3 is 2.83 bits per heavy atom. The summed E-state index contributed by atoms with van der Waals surface area (Å²) in [5.74, 6) is 1.46. The molecule has 23 heavy (non-hydrogen) atoms. The van der Waals surface area contributed by atoms with Gasteiger partial charge in [-0.05, 0) is 25.5 Å². The second-order valence-corrected chi connectivity index (χ2v) is 7.89. The summed E-state index contributed by atoms with van der Waals surface area (Å²) in [5.41, 5.74) is 0.762. The SMILES string of the molecule is CCN(C(=O)CNc1ccc2c(c1)OCO2)C1CCS(=O)(=O)C1. The quantitative estimate of drug-likeness (QED) is 0.856. The van der Waals surface area contributed by atoms with Gasteiger partial charge >= 0.3 is 0 Å². The third-order valence-electron chi connectivity index (χ3n) is 4.13. The average molecular weight is 340 g/mol. The normalized spacial score (nSPS) is 21.2. The monoisotopic (exact) mass is 340 g/mol. The Balaban J connectivity index is 1.59. The number of rotatable bonds is 5. The van der Waals surface area contributed by atoms with E-state index in [1.165, 1.54) is 0 Å². The van der Waals surface area contributed by atoms with E-state index in [1.807, 2.05) is 13.0 Å². The van der Waals surface area contributed by atoms with Crippen LogP contribution < -0.4 is 14.8 Å². The highest BCUT2D eigenvalue weighted by Crippen LogP contribution is 2.34. The molecule has 1 amide bonds. The Labute approximate surface area is 135 Å². The number of hydrogen-bond donors (Lipinski definition) is 1. The Kier molecular flexibility index (Phi) is 4.34. The number of anilines is 1. The topological polar surface area (TPSA) is 84.9 Å². The molecule has 0 radical (unpaired) electrons. The van der Waals surface area contributed by atoms with Crippen LogP contribution in [0.1, 0.15) is 13.3 Å². The zero-order chi connectivity index (χ0) is 16.4. The van der Waals surface area contributed by atoms with Gasteiger partial charge in [0.2, 0.25) is 12.7 Å². The van der Waals surface area contributed by atoms with Gasteiger partial charge in [-0.25, -0.2) is 8.42 Å². The van der Waals surface area contributed by atoms with Gasteiger partial charge in [-0.3, -0.25) is 4.79 Å². The number of amides is 1. The minimum atomic E-state index is -3.00. The van der Waals surface area contributed by atoms with Crippen LogP contribution in [0, 0.1) is 0 Å². The molecule has 1 aromatic rings. The number of nitrogens with one attached hydrogen (secondary N) is 1. The number of carbonyl (C=O) groups excluding carboxylic acids is 1. The average Bonchev–Trinajstić information content (AvgIpc) is 3.11. The van der Waals surface area contributed by atoms with Crippen molar-refractivity contribution in [3.05, 3.63) is 18.2 Å². The zero-order valence-electron chi connectivity index (χ0n) is 12.9. The van der Waals surface area contributed by atoms with Crippen molar-refractivity contribution in [1.82, 2.24) is 4.90 Å². The van der Waals surface area contributed by atoms with Crippen molar-refractivity contribution in [2.45, 2.75) is 19.4 Å². The van der Waals surface area contributed by atoms with Crippen molar-refractivity contribution in [3.63, 3.8) is 0 Å². The second-order valence-electron chi connectivity index (χ2n) is 5.66. The lowest BCUT2D eigenvalue weighted by Gasteiger charge is -2.27. The molecule has 0 bridgehead atoms. The molecule has 2 aliphatic heterocycles. The van der Waals surface area contributed by atoms with E-state index >= 15 is 0 Å². The maximum Gasteiger partial charge on any atom is 0.242 e. The summed E-state index contributed by atoms with van der Waals surface area (Å²) in [6.07, 6.45) is 0.520. The fraction of sp³-hybridized carbons (Fsp3) is 0.533. The predicted molar refractivity (Wildman–Crippen MR) is 85.5 cm³/mol. The number of fused-ring (bicyclic) bond motifs is 1. The molecule has 1 fully saturated rings. The first-order valence-electron chi connectivity index (χ1n) is 7.62. The number of benzene rings is 1. The van der Waals surface area contributed by atoms with Crippen LogP contribution in [-0.4, -0.2) is 56.7 Å². The molecule has 126 valence electrons. The molecule has 1 N–H and O–H groups in total. The van der Waals surface area contributed by atoms with Crippen molar-refractivity contribution in [1.29, 1.82) is 0 Å². The molecule has 3 rings (SSSR count). The number of ether oxygens (including phenoxy) is 2. The molecule has 2 heterocycles. The fourth-order valence-corrected chi connectivity index (χ4v) is 4.68. The van der Waals surface area contributed by atoms with Gasteiger partial charge in [0.25, 0.3) is 0 Å². The molecule has 1 atom stereocenters. The van der Waals surface area contributed by atoms with Crippen LogP contribution in [0.15, 0.2) is 18.2 Å². The van der Waals surface area contributed by atoms with Crippen LogP contribution in [-0.2, 0) is 14.6 Å². The van der Waals surface area contributed by atoms with Gasteiger partial charge in [0.15, 0.2) is 21.3 Å². The van der Waals surface area contributed by atoms with Gasteiger partial charge in [-0.15, -0.1) is 0 Å². The summed E-state index contributed by atoms with van der Waals surface area (Å²) in [7, 11) is -3.00. The lowest BCUT2D eigenvalue weighted by atomic mass is 10.2. The van der Waals surface area contributed by atoms with Gasteiger partial charge in [0, 0.05) is 24.3 Å². The lowest BCUT2D eigenvalue weighted by molar-refractivity contribution is -0.130. The highest BCUT2D eigenvalue weighted by Gasteiger charge is 2.33. The molecule has 0 saturated carbocycles. The first kappa shape index (κ1) is 15.9. The van der Waals surface area contributed by atoms with E-state index in [0.29, 0.717) is 24.5 Å². The fourth-order valence-electron chi connectivity index (χ4n) is 2.95. The Morgan fingerprint density at radius 1 is 1.35 bits per heavy atom. The summed E-state index contributed by atoms with van der Waals surface area (Å²) in [6.45, 7) is 2.69. The number of nitrogens with zero attached hydrogens (tertiary/aromatic N) is 1. The third-order valence-corrected chi connectivity index (χ3v) is 5.88. The zero-order valence-corrected chi connectivity index (χ0v) is 13.8. The number of hydrogen-bond acceptors (Lipinski definition) is 6. The predicted octanol–water partition coefficient (Wildman–Crippen LogP) is 0.863. The van der Waals surface area contributed by atoms with Crippen LogP contribution >= 0.6 is 0 Å². The second kappa shape index (κ2) is 6.27. The maximum absolute atomic E-state index is 12.4. The molecule has 1 unspecified atom stereocenters. The van der Waals surface area contributed by atoms with Crippen LogP contribution in [0.25, 0.3) is 0 Å². The van der Waals surface area contributed by atoms with E-state index < -0.39 is 9.84 Å². The lowest BCUT2D eigenvalue weighted by Crippen LogP contribution is -2.43. The Hall–Kier alpha value is -1.96. The molecular weight excluding hydrogens is 320 g/mol. The molecular formula is C15H20N2O5S. The van der Waals surface area contributed by atoms with Crippen LogP contribution in [0.2, 0.25) is 0 Å². The van der Waals surface area contributed by atoms with Gasteiger partial charge in [-0.1, -0.05) is 0 Å². The van der Waals surface area contributed by atoms with Crippen molar-refractivity contribution in [3.8, 4) is 11.5 Å². The number of likely N-dealkylation sites (N-methyl/N-ethyl adjacent to an activating group) is 1. The molecule has 0 spiro atoms. The summed E-state index contributed by atoms with van der Waals surface area (Å²) < 4.78 is 33.7. The third kappa shape index (κ3) is 3.52. The van der Waals surface area contributed by atoms with E-state index in [2.05, 4.69) is 5.32 Å². The number of sulfone groups is 1. The van der Waals surface area contributed by atoms with E-state index in [-0.39, 0.29) is 36.8 Å². The highest BCUT2D eigenvalue weighted by molar-refractivity contribution is 7.91. The molecule has 7 nitrogen and oxygen atoms in total. The smallest absolute Gasteiger partial charge is 0.242 e. The van der Waals surface area contributed by atoms with Gasteiger partial charge < -0.3 is 19.7 Å². The van der Waals surface area contributed by atoms with E-state index in [0.717, 1.165) is 5.69 Å². The minimum Gasteiger partial charge on any atom is -0.454 e. The Bertz CT molecular complexity index is 704. The Morgan fingerprint density at radius 2 is 2.13 bits per heavy atom. The first-order valence-corrected chi connectivity index (χ1v) is 9.44. The van der Waals surface area contributed by atoms with Crippen molar-refractivity contribution in [2.24, 2.45) is 0 Å². The summed E-state index contributed by atoms with van der Waals surface area (Å²) in [6, 6.07) is 5.18. The number of carbonyl (C=O) groups is 1. The van der Waals surface area contributed by atoms with Crippen LogP contribution in [0.3, 0.4) is 0 Å². The van der Waals surface area contributed by atoms with Gasteiger partial charge in [0.1, 0.15) is 0 Å². The molecule has 0 aromatic heterocycles. The molecule has 1 aromatic carbocycles. The summed E-state index contributed by atoms with van der Waals surface area (Å²) in [4.78, 5) is 14.0. The van der Waals surface area contributed by atoms with E-state index in [1.54, 1.807) is 17.0 Å². The van der Waals surface area contributed by atoms with Crippen molar-refractivity contribution in [2.75, 3.05) is 36.7 Å². The van der Waals surface area contributed by atoms with E-state index in [4.69, 9.17) is 9.47 Å². The first-order chi connectivity index (χ1) is 11.0. The van der Waals surface area contributed by atoms with Crippen molar-refractivity contribution < 1.29 is 22.7 Å². The van der Waals surface area contributed by atoms with Crippen LogP contribution in [0.5, 0.6) is 11.5 Å². The van der Waals surface area contributed by atoms with Crippen molar-refractivity contribution >= 4 is 21.4 Å². The maximum atomic E-state index is 12.4. The highest BCUT2D eigenvalue weighted by atomic mass is 32.2. The molecule has 2 aliphatic rings. The van der Waals surface area contributed by atoms with Crippen LogP contribution in [0.4, 0.5) is 5.69 Å². The largest absolute Gasteiger partial charge is 0.454 e. The summed E-state index contributed by atoms with van der Waals surface area (Å²) >= 11 is 0. The molecule has 0 aliphatic carbocycles. The summed E-state index contributed by atoms with van der Waals surface area (Å²) in [5, 5.41) is 3.06.